The van der Waals surface area contributed by atoms with Crippen molar-refractivity contribution < 1.29 is 9.21 Å². The van der Waals surface area contributed by atoms with Gasteiger partial charge in [-0.2, -0.15) is 0 Å². The number of aliphatic imine (C=N–C) groups is 1. The minimum Gasteiger partial charge on any atom is -0.439 e. The summed E-state index contributed by atoms with van der Waals surface area (Å²) in [5.74, 6) is 2.00. The Morgan fingerprint density at radius 1 is 1.12 bits per heavy atom. The molecule has 7 nitrogen and oxygen atoms in total. The molecule has 0 fully saturated rings. The van der Waals surface area contributed by atoms with E-state index in [1.807, 2.05) is 43.3 Å². The van der Waals surface area contributed by atoms with Gasteiger partial charge in [-0.15, -0.1) is 0 Å². The molecule has 0 spiro atoms. The van der Waals surface area contributed by atoms with Gasteiger partial charge in [0, 0.05) is 38.3 Å². The third-order valence-electron chi connectivity index (χ3n) is 4.89. The number of guanidine groups is 1. The Morgan fingerprint density at radius 3 is 2.62 bits per heavy atom. The minimum absolute atomic E-state index is 0.00525. The second kappa shape index (κ2) is 11.1. The van der Waals surface area contributed by atoms with Gasteiger partial charge in [-0.05, 0) is 38.0 Å². The van der Waals surface area contributed by atoms with E-state index in [1.54, 1.807) is 25.2 Å². The Hall–Kier alpha value is -3.61. The maximum absolute atomic E-state index is 12.2. The zero-order valence-corrected chi connectivity index (χ0v) is 19.2. The summed E-state index contributed by atoms with van der Waals surface area (Å²) in [6.07, 6.45) is 2.51. The van der Waals surface area contributed by atoms with Gasteiger partial charge in [0.05, 0.1) is 6.20 Å². The molecule has 2 N–H and O–H groups in total. The highest BCUT2D eigenvalue weighted by Gasteiger charge is 2.09. The first kappa shape index (κ1) is 23.1. The quantitative estimate of drug-likeness (QED) is 0.419. The van der Waals surface area contributed by atoms with Crippen molar-refractivity contribution in [3.8, 4) is 11.3 Å². The number of aromatic nitrogens is 1. The normalized spacial score (nSPS) is 11.3. The maximum atomic E-state index is 12.2. The molecule has 1 aromatic heterocycles. The van der Waals surface area contributed by atoms with Crippen LogP contribution in [0.25, 0.3) is 11.3 Å². The molecule has 0 bridgehead atoms. The zero-order valence-electron chi connectivity index (χ0n) is 19.2. The van der Waals surface area contributed by atoms with Crippen molar-refractivity contribution >= 4 is 11.9 Å². The Bertz CT molecular complexity index is 1050. The molecule has 0 radical (unpaired) electrons. The van der Waals surface area contributed by atoms with Crippen LogP contribution in [-0.2, 0) is 13.0 Å². The summed E-state index contributed by atoms with van der Waals surface area (Å²) in [5.41, 5.74) is 3.99. The van der Waals surface area contributed by atoms with Gasteiger partial charge in [0.2, 0.25) is 5.89 Å². The fourth-order valence-electron chi connectivity index (χ4n) is 3.17. The lowest BCUT2D eigenvalue weighted by Gasteiger charge is -2.13. The van der Waals surface area contributed by atoms with E-state index in [2.05, 4.69) is 39.7 Å². The molecule has 7 heteroatoms. The zero-order chi connectivity index (χ0) is 22.9. The molecule has 168 valence electrons. The van der Waals surface area contributed by atoms with Gasteiger partial charge in [-0.25, -0.2) is 9.98 Å². The van der Waals surface area contributed by atoms with E-state index < -0.39 is 0 Å². The molecule has 0 saturated heterocycles. The largest absolute Gasteiger partial charge is 0.439 e. The fourth-order valence-corrected chi connectivity index (χ4v) is 3.17. The fraction of sp³-hybridized carbons (Fsp3) is 0.320. The van der Waals surface area contributed by atoms with Crippen molar-refractivity contribution in [1.29, 1.82) is 0 Å². The van der Waals surface area contributed by atoms with Crippen molar-refractivity contribution in [2.24, 2.45) is 4.99 Å². The summed E-state index contributed by atoms with van der Waals surface area (Å²) in [5, 5.41) is 6.57. The first-order valence-electron chi connectivity index (χ1n) is 10.8. The Morgan fingerprint density at radius 2 is 1.91 bits per heavy atom. The standard InChI is InChI=1S/C25H31N5O2/c1-5-26-25(27-14-13-19-7-6-8-21(15-19)24(31)30(3)4)29-17-23-28-16-22(32-23)20-11-9-18(2)10-12-20/h6-12,15-16H,5,13-14,17H2,1-4H3,(H2,26,27,29). The molecule has 0 unspecified atom stereocenters. The second-order valence-electron chi connectivity index (χ2n) is 7.76. The van der Waals surface area contributed by atoms with Gasteiger partial charge in [0.1, 0.15) is 6.54 Å². The number of carbonyl (C=O) groups excluding carboxylic acids is 1. The van der Waals surface area contributed by atoms with Crippen LogP contribution in [0.5, 0.6) is 0 Å². The van der Waals surface area contributed by atoms with Crippen molar-refractivity contribution in [3.63, 3.8) is 0 Å². The monoisotopic (exact) mass is 433 g/mol. The molecule has 32 heavy (non-hydrogen) atoms. The van der Waals surface area contributed by atoms with Crippen LogP contribution < -0.4 is 10.6 Å². The highest BCUT2D eigenvalue weighted by molar-refractivity contribution is 5.94. The summed E-state index contributed by atoms with van der Waals surface area (Å²) in [6, 6.07) is 15.9. The number of nitrogens with one attached hydrogen (secondary N) is 2. The van der Waals surface area contributed by atoms with Gasteiger partial charge in [0.25, 0.3) is 5.91 Å². The highest BCUT2D eigenvalue weighted by Crippen LogP contribution is 2.21. The number of hydrogen-bond acceptors (Lipinski definition) is 4. The molecular formula is C25H31N5O2. The van der Waals surface area contributed by atoms with Crippen LogP contribution in [0.2, 0.25) is 0 Å². The summed E-state index contributed by atoms with van der Waals surface area (Å²) in [6.45, 7) is 5.85. The first-order chi connectivity index (χ1) is 15.5. The lowest BCUT2D eigenvalue weighted by atomic mass is 10.1. The average Bonchev–Trinajstić information content (AvgIpc) is 3.26. The van der Waals surface area contributed by atoms with Crippen molar-refractivity contribution in [1.82, 2.24) is 20.5 Å². The summed E-state index contributed by atoms with van der Waals surface area (Å²) >= 11 is 0. The molecule has 0 aliphatic carbocycles. The Balaban J connectivity index is 1.57. The van der Waals surface area contributed by atoms with Crippen LogP contribution in [0.15, 0.2) is 64.1 Å². The predicted octanol–water partition coefficient (Wildman–Crippen LogP) is 3.65. The lowest BCUT2D eigenvalue weighted by Crippen LogP contribution is -2.38. The smallest absolute Gasteiger partial charge is 0.253 e. The van der Waals surface area contributed by atoms with E-state index in [0.29, 0.717) is 30.5 Å². The van der Waals surface area contributed by atoms with Crippen molar-refractivity contribution in [2.45, 2.75) is 26.8 Å². The molecule has 0 aliphatic rings. The van der Waals surface area contributed by atoms with Crippen LogP contribution in [0.1, 0.15) is 34.3 Å². The molecule has 3 aromatic rings. The lowest BCUT2D eigenvalue weighted by molar-refractivity contribution is 0.0827. The van der Waals surface area contributed by atoms with E-state index in [1.165, 1.54) is 5.56 Å². The van der Waals surface area contributed by atoms with E-state index in [4.69, 9.17) is 4.42 Å². The number of oxazole rings is 1. The topological polar surface area (TPSA) is 82.8 Å². The van der Waals surface area contributed by atoms with Crippen LogP contribution in [0.3, 0.4) is 0 Å². The van der Waals surface area contributed by atoms with Crippen LogP contribution >= 0.6 is 0 Å². The van der Waals surface area contributed by atoms with Crippen molar-refractivity contribution in [3.05, 3.63) is 77.3 Å². The molecule has 0 atom stereocenters. The SMILES string of the molecule is CCNC(=NCc1ncc(-c2ccc(C)cc2)o1)NCCc1cccc(C(=O)N(C)C)c1. The van der Waals surface area contributed by atoms with E-state index >= 15 is 0 Å². The third kappa shape index (κ3) is 6.44. The summed E-state index contributed by atoms with van der Waals surface area (Å²) < 4.78 is 5.86. The average molecular weight is 434 g/mol. The van der Waals surface area contributed by atoms with Gasteiger partial charge in [-0.3, -0.25) is 4.79 Å². The summed E-state index contributed by atoms with van der Waals surface area (Å²) in [4.78, 5) is 22.7. The number of benzene rings is 2. The molecular weight excluding hydrogens is 402 g/mol. The molecule has 1 amide bonds. The summed E-state index contributed by atoms with van der Waals surface area (Å²) in [7, 11) is 3.51. The molecule has 1 heterocycles. The van der Waals surface area contributed by atoms with E-state index in [0.717, 1.165) is 29.9 Å². The Labute approximate surface area is 189 Å². The molecule has 2 aromatic carbocycles. The minimum atomic E-state index is 0.00525. The third-order valence-corrected chi connectivity index (χ3v) is 4.89. The second-order valence-corrected chi connectivity index (χ2v) is 7.76. The van der Waals surface area contributed by atoms with Gasteiger partial charge in [0.15, 0.2) is 11.7 Å². The van der Waals surface area contributed by atoms with E-state index in [9.17, 15) is 4.79 Å². The Kier molecular flexibility index (Phi) is 8.02. The first-order valence-corrected chi connectivity index (χ1v) is 10.8. The van der Waals surface area contributed by atoms with E-state index in [-0.39, 0.29) is 5.91 Å². The van der Waals surface area contributed by atoms with Gasteiger partial charge in [-0.1, -0.05) is 42.0 Å². The number of nitrogens with zero attached hydrogens (tertiary/aromatic N) is 3. The van der Waals surface area contributed by atoms with Gasteiger partial charge < -0.3 is 20.0 Å². The van der Waals surface area contributed by atoms with Crippen molar-refractivity contribution in [2.75, 3.05) is 27.2 Å². The number of carbonyl (C=O) groups is 1. The molecule has 0 aliphatic heterocycles. The maximum Gasteiger partial charge on any atom is 0.253 e. The number of rotatable bonds is 8. The molecule has 0 saturated carbocycles. The van der Waals surface area contributed by atoms with Crippen LogP contribution in [-0.4, -0.2) is 48.9 Å². The number of amides is 1. The number of hydrogen-bond donors (Lipinski definition) is 2. The molecule has 3 rings (SSSR count). The van der Waals surface area contributed by atoms with Crippen LogP contribution in [0, 0.1) is 6.92 Å². The van der Waals surface area contributed by atoms with Gasteiger partial charge >= 0.3 is 0 Å². The van der Waals surface area contributed by atoms with Crippen LogP contribution in [0.4, 0.5) is 0 Å². The predicted molar refractivity (Wildman–Crippen MR) is 128 cm³/mol. The highest BCUT2D eigenvalue weighted by atomic mass is 16.4. The number of aryl methyl sites for hydroxylation is 1.